The van der Waals surface area contributed by atoms with Crippen LogP contribution in [0.4, 0.5) is 23.5 Å². The average Bonchev–Trinajstić information content (AvgIpc) is 2.20. The number of alkyl halides is 4. The third-order valence-corrected chi connectivity index (χ3v) is 1.43. The van der Waals surface area contributed by atoms with Crippen LogP contribution in [0.1, 0.15) is 0 Å². The number of aromatic nitrogens is 2. The minimum absolute atomic E-state index is 0.260. The van der Waals surface area contributed by atoms with Gasteiger partial charge in [-0.1, -0.05) is 0 Å². The van der Waals surface area contributed by atoms with Crippen molar-refractivity contribution in [3.8, 4) is 11.6 Å². The molecular formula is C7H7F4N3O2. The van der Waals surface area contributed by atoms with E-state index in [-0.39, 0.29) is 5.95 Å². The summed E-state index contributed by atoms with van der Waals surface area (Å²) in [4.78, 5) is 6.69. The molecular weight excluding hydrogens is 234 g/mol. The normalized spacial score (nSPS) is 11.6. The number of anilines is 1. The molecule has 1 aromatic rings. The van der Waals surface area contributed by atoms with E-state index < -0.39 is 24.2 Å². The summed E-state index contributed by atoms with van der Waals surface area (Å²) in [5.74, 6) is -1.43. The highest BCUT2D eigenvalue weighted by Gasteiger charge is 2.44. The molecule has 0 radical (unpaired) electrons. The quantitative estimate of drug-likeness (QED) is 0.804. The molecule has 0 fully saturated rings. The summed E-state index contributed by atoms with van der Waals surface area (Å²) in [6.07, 6.45) is -7.90. The molecule has 0 saturated carbocycles. The van der Waals surface area contributed by atoms with Crippen molar-refractivity contribution in [2.75, 3.05) is 12.8 Å². The van der Waals surface area contributed by atoms with Gasteiger partial charge in [0.15, 0.2) is 0 Å². The van der Waals surface area contributed by atoms with Crippen LogP contribution in [0.5, 0.6) is 11.6 Å². The largest absolute Gasteiger partial charge is 0.478 e. The molecule has 0 amide bonds. The Bertz CT molecular complexity index is 375. The van der Waals surface area contributed by atoms with Crippen LogP contribution in [0.15, 0.2) is 6.20 Å². The van der Waals surface area contributed by atoms with Crippen molar-refractivity contribution in [3.05, 3.63) is 6.20 Å². The Balaban J connectivity index is 2.97. The zero-order valence-corrected chi connectivity index (χ0v) is 7.95. The highest BCUT2D eigenvalue weighted by atomic mass is 19.3. The van der Waals surface area contributed by atoms with Crippen molar-refractivity contribution < 1.29 is 27.0 Å². The Hall–Kier alpha value is -1.80. The molecule has 16 heavy (non-hydrogen) atoms. The number of nitrogens with zero attached hydrogens (tertiary/aromatic N) is 2. The monoisotopic (exact) mass is 241 g/mol. The Morgan fingerprint density at radius 3 is 2.56 bits per heavy atom. The van der Waals surface area contributed by atoms with Crippen LogP contribution in [-0.2, 0) is 0 Å². The maximum absolute atomic E-state index is 12.5. The third kappa shape index (κ3) is 2.61. The van der Waals surface area contributed by atoms with Crippen LogP contribution in [0.25, 0.3) is 0 Å². The van der Waals surface area contributed by atoms with Gasteiger partial charge in [-0.15, -0.1) is 0 Å². The van der Waals surface area contributed by atoms with E-state index in [4.69, 9.17) is 5.73 Å². The smallest absolute Gasteiger partial charge is 0.461 e. The van der Waals surface area contributed by atoms with Crippen LogP contribution in [0, 0.1) is 0 Å². The number of rotatable bonds is 4. The fourth-order valence-corrected chi connectivity index (χ4v) is 0.775. The van der Waals surface area contributed by atoms with Crippen molar-refractivity contribution >= 4 is 5.95 Å². The third-order valence-electron chi connectivity index (χ3n) is 1.43. The number of halogens is 4. The highest BCUT2D eigenvalue weighted by molar-refractivity contribution is 5.35. The summed E-state index contributed by atoms with van der Waals surface area (Å²) in [5.41, 5.74) is 5.13. The predicted octanol–water partition coefficient (Wildman–Crippen LogP) is 1.30. The molecule has 0 atom stereocenters. The first-order chi connectivity index (χ1) is 7.36. The molecule has 0 spiro atoms. The molecule has 0 saturated heterocycles. The molecule has 0 aromatic carbocycles. The Kier molecular flexibility index (Phi) is 3.35. The molecule has 0 aliphatic heterocycles. The fraction of sp³-hybridized carbons (Fsp3) is 0.429. The molecule has 2 N–H and O–H groups in total. The summed E-state index contributed by atoms with van der Waals surface area (Å²) < 4.78 is 57.0. The van der Waals surface area contributed by atoms with Crippen molar-refractivity contribution in [1.82, 2.24) is 9.97 Å². The maximum atomic E-state index is 12.5. The second-order valence-corrected chi connectivity index (χ2v) is 2.57. The van der Waals surface area contributed by atoms with Gasteiger partial charge in [0.05, 0.1) is 13.3 Å². The topological polar surface area (TPSA) is 70.3 Å². The number of methoxy groups -OCH3 is 1. The van der Waals surface area contributed by atoms with E-state index in [1.54, 1.807) is 0 Å². The van der Waals surface area contributed by atoms with E-state index in [1.165, 1.54) is 0 Å². The van der Waals surface area contributed by atoms with Gasteiger partial charge in [-0.2, -0.15) is 22.5 Å². The SMILES string of the molecule is COc1nc(N)ncc1OC(F)(F)C(F)F. The molecule has 0 bridgehead atoms. The minimum atomic E-state index is -4.65. The van der Waals surface area contributed by atoms with E-state index in [1.807, 2.05) is 0 Å². The number of hydrogen-bond donors (Lipinski definition) is 1. The standard InChI is InChI=1S/C7H7F4N3O2/c1-15-4-3(2-13-6(12)14-4)16-7(10,11)5(8)9/h2,5H,1H3,(H2,12,13,14). The van der Waals surface area contributed by atoms with Crippen LogP contribution in [0.3, 0.4) is 0 Å². The lowest BCUT2D eigenvalue weighted by atomic mass is 10.5. The first-order valence-electron chi connectivity index (χ1n) is 3.88. The zero-order valence-electron chi connectivity index (χ0n) is 7.95. The predicted molar refractivity (Wildman–Crippen MR) is 44.6 cm³/mol. The number of hydrogen-bond acceptors (Lipinski definition) is 5. The van der Waals surface area contributed by atoms with E-state index >= 15 is 0 Å². The summed E-state index contributed by atoms with van der Waals surface area (Å²) in [6.45, 7) is 0. The van der Waals surface area contributed by atoms with Crippen LogP contribution in [-0.4, -0.2) is 29.6 Å². The maximum Gasteiger partial charge on any atom is 0.461 e. The molecule has 5 nitrogen and oxygen atoms in total. The molecule has 1 aromatic heterocycles. The van der Waals surface area contributed by atoms with Crippen LogP contribution in [0.2, 0.25) is 0 Å². The second kappa shape index (κ2) is 4.37. The molecule has 90 valence electrons. The van der Waals surface area contributed by atoms with Gasteiger partial charge >= 0.3 is 12.5 Å². The van der Waals surface area contributed by atoms with Crippen molar-refractivity contribution in [1.29, 1.82) is 0 Å². The van der Waals surface area contributed by atoms with Gasteiger partial charge in [0, 0.05) is 0 Å². The first kappa shape index (κ1) is 12.3. The lowest BCUT2D eigenvalue weighted by Crippen LogP contribution is -2.33. The van der Waals surface area contributed by atoms with E-state index in [2.05, 4.69) is 19.4 Å². The highest BCUT2D eigenvalue weighted by Crippen LogP contribution is 2.32. The summed E-state index contributed by atoms with van der Waals surface area (Å²) in [7, 11) is 1.09. The summed E-state index contributed by atoms with van der Waals surface area (Å²) in [6, 6.07) is 0. The second-order valence-electron chi connectivity index (χ2n) is 2.57. The van der Waals surface area contributed by atoms with Crippen LogP contribution < -0.4 is 15.2 Å². The molecule has 0 aliphatic carbocycles. The summed E-state index contributed by atoms with van der Waals surface area (Å²) >= 11 is 0. The molecule has 1 rings (SSSR count). The number of ether oxygens (including phenoxy) is 2. The van der Waals surface area contributed by atoms with Crippen molar-refractivity contribution in [2.45, 2.75) is 12.5 Å². The van der Waals surface area contributed by atoms with Gasteiger partial charge in [0.1, 0.15) is 0 Å². The van der Waals surface area contributed by atoms with E-state index in [0.29, 0.717) is 0 Å². The zero-order chi connectivity index (χ0) is 12.3. The molecule has 0 unspecified atom stereocenters. The number of nitrogen functional groups attached to an aromatic ring is 1. The van der Waals surface area contributed by atoms with Gasteiger partial charge in [-0.3, -0.25) is 0 Å². The Morgan fingerprint density at radius 2 is 2.06 bits per heavy atom. The Labute approximate surface area is 87.2 Å². The molecule has 9 heteroatoms. The van der Waals surface area contributed by atoms with Gasteiger partial charge in [0.2, 0.25) is 11.7 Å². The van der Waals surface area contributed by atoms with E-state index in [0.717, 1.165) is 13.3 Å². The number of nitrogens with two attached hydrogens (primary N) is 1. The minimum Gasteiger partial charge on any atom is -0.478 e. The lowest BCUT2D eigenvalue weighted by molar-refractivity contribution is -0.253. The average molecular weight is 241 g/mol. The van der Waals surface area contributed by atoms with Gasteiger partial charge in [-0.25, -0.2) is 4.98 Å². The first-order valence-corrected chi connectivity index (χ1v) is 3.88. The fourth-order valence-electron chi connectivity index (χ4n) is 0.775. The van der Waals surface area contributed by atoms with Crippen molar-refractivity contribution in [2.24, 2.45) is 0 Å². The summed E-state index contributed by atoms with van der Waals surface area (Å²) in [5, 5.41) is 0. The van der Waals surface area contributed by atoms with Crippen LogP contribution >= 0.6 is 0 Å². The molecule has 0 aliphatic rings. The lowest BCUT2D eigenvalue weighted by Gasteiger charge is -2.17. The van der Waals surface area contributed by atoms with Gasteiger partial charge in [-0.05, 0) is 0 Å². The molecule has 1 heterocycles. The Morgan fingerprint density at radius 1 is 1.44 bits per heavy atom. The van der Waals surface area contributed by atoms with E-state index in [9.17, 15) is 17.6 Å². The van der Waals surface area contributed by atoms with Gasteiger partial charge < -0.3 is 15.2 Å². The van der Waals surface area contributed by atoms with Gasteiger partial charge in [0.25, 0.3) is 5.88 Å². The van der Waals surface area contributed by atoms with Crippen molar-refractivity contribution in [3.63, 3.8) is 0 Å².